The lowest BCUT2D eigenvalue weighted by Gasteiger charge is -2.05. The summed E-state index contributed by atoms with van der Waals surface area (Å²) in [5, 5.41) is 3.97. The van der Waals surface area contributed by atoms with E-state index in [0.717, 1.165) is 0 Å². The van der Waals surface area contributed by atoms with Crippen molar-refractivity contribution in [1.82, 2.24) is 5.16 Å². The number of nitrogens with one attached hydrogen (secondary N) is 1. The standard InChI is InChI=1S/C10H9ClN2O3S/c11-9-3-1-2-8(6-9)7-17(14,15)13-10-4-5-16-12-10/h1-6H,7H2,(H,12,13). The Bertz CT molecular complexity index is 596. The van der Waals surface area contributed by atoms with Gasteiger partial charge in [0.15, 0.2) is 5.82 Å². The van der Waals surface area contributed by atoms with Crippen LogP contribution in [0.25, 0.3) is 0 Å². The Morgan fingerprint density at radius 1 is 1.35 bits per heavy atom. The fourth-order valence-corrected chi connectivity index (χ4v) is 2.63. The van der Waals surface area contributed by atoms with E-state index in [0.29, 0.717) is 10.6 Å². The summed E-state index contributed by atoms with van der Waals surface area (Å²) in [4.78, 5) is 0. The molecule has 0 amide bonds. The van der Waals surface area contributed by atoms with Crippen molar-refractivity contribution in [3.8, 4) is 0 Å². The summed E-state index contributed by atoms with van der Waals surface area (Å²) in [6, 6.07) is 8.10. The van der Waals surface area contributed by atoms with Crippen molar-refractivity contribution in [2.24, 2.45) is 0 Å². The first kappa shape index (κ1) is 11.9. The quantitative estimate of drug-likeness (QED) is 0.927. The number of sulfonamides is 1. The van der Waals surface area contributed by atoms with Crippen molar-refractivity contribution in [2.75, 3.05) is 4.72 Å². The highest BCUT2D eigenvalue weighted by molar-refractivity contribution is 7.91. The summed E-state index contributed by atoms with van der Waals surface area (Å²) in [5.74, 6) is -0.00696. The van der Waals surface area contributed by atoms with Gasteiger partial charge in [0.05, 0.1) is 5.75 Å². The van der Waals surface area contributed by atoms with Gasteiger partial charge >= 0.3 is 0 Å². The molecule has 2 rings (SSSR count). The number of halogens is 1. The highest BCUT2D eigenvalue weighted by atomic mass is 35.5. The van der Waals surface area contributed by atoms with E-state index in [4.69, 9.17) is 11.6 Å². The first-order valence-corrected chi connectivity index (χ1v) is 6.73. The van der Waals surface area contributed by atoms with E-state index in [1.54, 1.807) is 24.3 Å². The lowest BCUT2D eigenvalue weighted by Crippen LogP contribution is -2.15. The second-order valence-corrected chi connectivity index (χ2v) is 5.53. The van der Waals surface area contributed by atoms with Gasteiger partial charge < -0.3 is 4.52 Å². The summed E-state index contributed by atoms with van der Waals surface area (Å²) in [5.41, 5.74) is 0.605. The molecule has 0 saturated heterocycles. The number of benzene rings is 1. The van der Waals surface area contributed by atoms with E-state index in [1.165, 1.54) is 12.3 Å². The summed E-state index contributed by atoms with van der Waals surface area (Å²) < 4.78 is 30.3. The third-order valence-electron chi connectivity index (χ3n) is 1.94. The van der Waals surface area contributed by atoms with Gasteiger partial charge in [-0.2, -0.15) is 0 Å². The molecule has 0 bridgehead atoms. The van der Waals surface area contributed by atoms with E-state index in [2.05, 4.69) is 14.4 Å². The zero-order valence-electron chi connectivity index (χ0n) is 8.63. The summed E-state index contributed by atoms with van der Waals surface area (Å²) in [6.45, 7) is 0. The van der Waals surface area contributed by atoms with Gasteiger partial charge in [-0.05, 0) is 17.7 Å². The predicted octanol–water partition coefficient (Wildman–Crippen LogP) is 2.27. The van der Waals surface area contributed by atoms with Crippen LogP contribution in [0.2, 0.25) is 5.02 Å². The molecule has 0 spiro atoms. The second kappa shape index (κ2) is 4.77. The van der Waals surface area contributed by atoms with E-state index in [-0.39, 0.29) is 11.6 Å². The Morgan fingerprint density at radius 2 is 2.18 bits per heavy atom. The molecule has 0 atom stereocenters. The van der Waals surface area contributed by atoms with Gasteiger partial charge in [0.1, 0.15) is 6.26 Å². The maximum absolute atomic E-state index is 11.7. The maximum Gasteiger partial charge on any atom is 0.238 e. The van der Waals surface area contributed by atoms with E-state index in [9.17, 15) is 8.42 Å². The van der Waals surface area contributed by atoms with Gasteiger partial charge in [0.2, 0.25) is 10.0 Å². The van der Waals surface area contributed by atoms with Crippen molar-refractivity contribution in [2.45, 2.75) is 5.75 Å². The number of rotatable bonds is 4. The molecule has 1 heterocycles. The minimum atomic E-state index is -3.51. The van der Waals surface area contributed by atoms with E-state index in [1.807, 2.05) is 0 Å². The highest BCUT2D eigenvalue weighted by Crippen LogP contribution is 2.14. The SMILES string of the molecule is O=S(=O)(Cc1cccc(Cl)c1)Nc1ccon1. The van der Waals surface area contributed by atoms with Crippen LogP contribution >= 0.6 is 11.6 Å². The fraction of sp³-hybridized carbons (Fsp3) is 0.100. The molecule has 0 aliphatic carbocycles. The second-order valence-electron chi connectivity index (χ2n) is 3.38. The number of hydrogen-bond donors (Lipinski definition) is 1. The first-order valence-electron chi connectivity index (χ1n) is 4.70. The van der Waals surface area contributed by atoms with Crippen LogP contribution in [0, 0.1) is 0 Å². The van der Waals surface area contributed by atoms with Crippen LogP contribution in [0.4, 0.5) is 5.82 Å². The Labute approximate surface area is 103 Å². The third-order valence-corrected chi connectivity index (χ3v) is 3.41. The van der Waals surface area contributed by atoms with Gasteiger partial charge in [-0.3, -0.25) is 4.72 Å². The van der Waals surface area contributed by atoms with Crippen molar-refractivity contribution in [1.29, 1.82) is 0 Å². The van der Waals surface area contributed by atoms with Gasteiger partial charge in [-0.15, -0.1) is 0 Å². The molecular weight excluding hydrogens is 264 g/mol. The molecule has 17 heavy (non-hydrogen) atoms. The molecule has 0 fully saturated rings. The highest BCUT2D eigenvalue weighted by Gasteiger charge is 2.13. The van der Waals surface area contributed by atoms with Crippen molar-refractivity contribution in [3.05, 3.63) is 47.2 Å². The predicted molar refractivity (Wildman–Crippen MR) is 64.2 cm³/mol. The number of aromatic nitrogens is 1. The average Bonchev–Trinajstić information content (AvgIpc) is 2.68. The van der Waals surface area contributed by atoms with Crippen LogP contribution < -0.4 is 4.72 Å². The summed E-state index contributed by atoms with van der Waals surface area (Å²) in [7, 11) is -3.51. The van der Waals surface area contributed by atoms with E-state index >= 15 is 0 Å². The summed E-state index contributed by atoms with van der Waals surface area (Å²) >= 11 is 5.77. The average molecular weight is 273 g/mol. The van der Waals surface area contributed by atoms with Gasteiger partial charge in [-0.25, -0.2) is 8.42 Å². The van der Waals surface area contributed by atoms with Gasteiger partial charge in [0.25, 0.3) is 0 Å². The van der Waals surface area contributed by atoms with Crippen LogP contribution in [0.1, 0.15) is 5.56 Å². The molecule has 1 N–H and O–H groups in total. The molecule has 7 heteroatoms. The Kier molecular flexibility index (Phi) is 3.35. The fourth-order valence-electron chi connectivity index (χ4n) is 1.31. The molecular formula is C10H9ClN2O3S. The number of anilines is 1. The van der Waals surface area contributed by atoms with Crippen molar-refractivity contribution >= 4 is 27.4 Å². The number of hydrogen-bond acceptors (Lipinski definition) is 4. The molecule has 2 aromatic rings. The molecule has 0 radical (unpaired) electrons. The molecule has 0 saturated carbocycles. The molecule has 5 nitrogen and oxygen atoms in total. The van der Waals surface area contributed by atoms with Crippen LogP contribution in [-0.2, 0) is 15.8 Å². The number of nitrogens with zero attached hydrogens (tertiary/aromatic N) is 1. The lowest BCUT2D eigenvalue weighted by molar-refractivity contribution is 0.423. The van der Waals surface area contributed by atoms with E-state index < -0.39 is 10.0 Å². The monoisotopic (exact) mass is 272 g/mol. The van der Waals surface area contributed by atoms with Crippen LogP contribution in [0.3, 0.4) is 0 Å². The Balaban J connectivity index is 2.12. The van der Waals surface area contributed by atoms with Crippen LogP contribution in [0.15, 0.2) is 41.1 Å². The van der Waals surface area contributed by atoms with Gasteiger partial charge in [0, 0.05) is 11.1 Å². The lowest BCUT2D eigenvalue weighted by atomic mass is 10.2. The molecule has 90 valence electrons. The third kappa shape index (κ3) is 3.47. The molecule has 0 aliphatic rings. The molecule has 1 aromatic carbocycles. The smallest absolute Gasteiger partial charge is 0.238 e. The topological polar surface area (TPSA) is 72.2 Å². The normalized spacial score (nSPS) is 11.4. The van der Waals surface area contributed by atoms with Crippen molar-refractivity contribution < 1.29 is 12.9 Å². The van der Waals surface area contributed by atoms with Crippen LogP contribution in [-0.4, -0.2) is 13.6 Å². The zero-order chi connectivity index (χ0) is 12.3. The molecule has 0 unspecified atom stereocenters. The largest absolute Gasteiger partial charge is 0.363 e. The first-order chi connectivity index (χ1) is 8.05. The Morgan fingerprint density at radius 3 is 2.82 bits per heavy atom. The van der Waals surface area contributed by atoms with Gasteiger partial charge in [-0.1, -0.05) is 28.9 Å². The maximum atomic E-state index is 11.7. The Hall–Kier alpha value is -1.53. The minimum absolute atomic E-state index is 0.159. The minimum Gasteiger partial charge on any atom is -0.363 e. The molecule has 1 aromatic heterocycles. The summed E-state index contributed by atoms with van der Waals surface area (Å²) in [6.07, 6.45) is 1.29. The molecule has 0 aliphatic heterocycles. The van der Waals surface area contributed by atoms with Crippen LogP contribution in [0.5, 0.6) is 0 Å². The van der Waals surface area contributed by atoms with Crippen molar-refractivity contribution in [3.63, 3.8) is 0 Å². The zero-order valence-corrected chi connectivity index (χ0v) is 10.2.